The predicted octanol–water partition coefficient (Wildman–Crippen LogP) is 5.82. The Hall–Kier alpha value is -3.41. The normalized spacial score (nSPS) is 16.6. The van der Waals surface area contributed by atoms with E-state index in [4.69, 9.17) is 10.1 Å². The van der Waals surface area contributed by atoms with Crippen LogP contribution in [0.5, 0.6) is 0 Å². The number of benzene rings is 1. The van der Waals surface area contributed by atoms with Gasteiger partial charge >= 0.3 is 0 Å². The number of anilines is 3. The second kappa shape index (κ2) is 7.93. The van der Waals surface area contributed by atoms with Gasteiger partial charge in [-0.05, 0) is 48.9 Å². The van der Waals surface area contributed by atoms with E-state index in [0.717, 1.165) is 40.8 Å². The summed E-state index contributed by atoms with van der Waals surface area (Å²) in [6.07, 6.45) is 6.09. The Morgan fingerprint density at radius 2 is 1.88 bits per heavy atom. The van der Waals surface area contributed by atoms with Gasteiger partial charge in [-0.2, -0.15) is 5.10 Å². The van der Waals surface area contributed by atoms with Gasteiger partial charge in [0.25, 0.3) is 0 Å². The molecule has 0 bridgehead atoms. The SMILES string of the molecule is CC1CCCN1c1cccc(Nc2cc(-c3ccc(C(C)(C)C)cc3)nn3ccnc23)n1. The van der Waals surface area contributed by atoms with Crippen LogP contribution in [0.4, 0.5) is 17.3 Å². The molecule has 6 heteroatoms. The lowest BCUT2D eigenvalue weighted by molar-refractivity contribution is 0.590. The highest BCUT2D eigenvalue weighted by Gasteiger charge is 2.21. The van der Waals surface area contributed by atoms with Crippen molar-refractivity contribution >= 4 is 23.0 Å². The van der Waals surface area contributed by atoms with Crippen molar-refractivity contribution in [3.05, 3.63) is 66.5 Å². The molecule has 0 spiro atoms. The molecule has 1 saturated heterocycles. The maximum atomic E-state index is 4.89. The Morgan fingerprint density at radius 1 is 1.06 bits per heavy atom. The van der Waals surface area contributed by atoms with Crippen LogP contribution in [0, 0.1) is 0 Å². The van der Waals surface area contributed by atoms with Gasteiger partial charge in [0.2, 0.25) is 0 Å². The zero-order valence-electron chi connectivity index (χ0n) is 19.2. The van der Waals surface area contributed by atoms with Crippen LogP contribution in [0.3, 0.4) is 0 Å². The first-order valence-corrected chi connectivity index (χ1v) is 11.3. The van der Waals surface area contributed by atoms with E-state index in [1.165, 1.54) is 18.4 Å². The zero-order valence-corrected chi connectivity index (χ0v) is 19.2. The van der Waals surface area contributed by atoms with Gasteiger partial charge in [0.15, 0.2) is 5.65 Å². The predicted molar refractivity (Wildman–Crippen MR) is 131 cm³/mol. The summed E-state index contributed by atoms with van der Waals surface area (Å²) in [5, 5.41) is 8.27. The maximum Gasteiger partial charge on any atom is 0.177 e. The smallest absolute Gasteiger partial charge is 0.177 e. The number of fused-ring (bicyclic) bond motifs is 1. The van der Waals surface area contributed by atoms with Crippen LogP contribution in [-0.2, 0) is 5.41 Å². The van der Waals surface area contributed by atoms with Crippen LogP contribution < -0.4 is 10.2 Å². The van der Waals surface area contributed by atoms with E-state index in [0.29, 0.717) is 6.04 Å². The van der Waals surface area contributed by atoms with Crippen molar-refractivity contribution in [1.82, 2.24) is 19.6 Å². The van der Waals surface area contributed by atoms with E-state index in [-0.39, 0.29) is 5.41 Å². The molecule has 1 aliphatic heterocycles. The van der Waals surface area contributed by atoms with Crippen molar-refractivity contribution in [2.24, 2.45) is 0 Å². The molecule has 5 rings (SSSR count). The number of hydrogen-bond donors (Lipinski definition) is 1. The summed E-state index contributed by atoms with van der Waals surface area (Å²) in [7, 11) is 0. The van der Waals surface area contributed by atoms with Gasteiger partial charge in [0, 0.05) is 30.5 Å². The number of nitrogens with one attached hydrogen (secondary N) is 1. The Kier molecular flexibility index (Phi) is 5.08. The number of aromatic nitrogens is 4. The molecule has 3 aromatic heterocycles. The standard InChI is InChI=1S/C26H30N6/c1-18-7-6-15-31(18)24-9-5-8-23(29-24)28-22-17-21(30-32-16-14-27-25(22)32)19-10-12-20(13-11-19)26(2,3)4/h5,8-14,16-18H,6-7,15H2,1-4H3,(H,28,29). The van der Waals surface area contributed by atoms with Crippen LogP contribution in [0.25, 0.3) is 16.9 Å². The van der Waals surface area contributed by atoms with Crippen LogP contribution >= 0.6 is 0 Å². The minimum atomic E-state index is 0.122. The van der Waals surface area contributed by atoms with Crippen molar-refractivity contribution in [3.63, 3.8) is 0 Å². The average molecular weight is 427 g/mol. The largest absolute Gasteiger partial charge is 0.354 e. The van der Waals surface area contributed by atoms with Gasteiger partial charge in [0.1, 0.15) is 11.6 Å². The lowest BCUT2D eigenvalue weighted by Crippen LogP contribution is -2.27. The molecule has 1 fully saturated rings. The minimum Gasteiger partial charge on any atom is -0.354 e. The van der Waals surface area contributed by atoms with Gasteiger partial charge in [-0.15, -0.1) is 0 Å². The maximum absolute atomic E-state index is 4.89. The number of imidazole rings is 1. The molecule has 164 valence electrons. The first kappa shape index (κ1) is 20.5. The molecule has 0 amide bonds. The highest BCUT2D eigenvalue weighted by molar-refractivity contribution is 5.77. The van der Waals surface area contributed by atoms with E-state index in [2.05, 4.69) is 85.4 Å². The molecule has 1 N–H and O–H groups in total. The van der Waals surface area contributed by atoms with Gasteiger partial charge in [0.05, 0.1) is 11.4 Å². The summed E-state index contributed by atoms with van der Waals surface area (Å²) in [4.78, 5) is 11.8. The summed E-state index contributed by atoms with van der Waals surface area (Å²) in [6.45, 7) is 10.0. The van der Waals surface area contributed by atoms with Crippen LogP contribution in [0.15, 0.2) is 60.9 Å². The molecule has 1 atom stereocenters. The monoisotopic (exact) mass is 426 g/mol. The fourth-order valence-electron chi connectivity index (χ4n) is 4.36. The topological polar surface area (TPSA) is 58.4 Å². The number of rotatable bonds is 4. The first-order chi connectivity index (χ1) is 15.4. The number of pyridine rings is 1. The summed E-state index contributed by atoms with van der Waals surface area (Å²) >= 11 is 0. The second-order valence-corrected chi connectivity index (χ2v) is 9.66. The molecule has 4 aromatic rings. The van der Waals surface area contributed by atoms with Gasteiger partial charge < -0.3 is 10.2 Å². The molecule has 0 saturated carbocycles. The summed E-state index contributed by atoms with van der Waals surface area (Å²) < 4.78 is 1.82. The Bertz CT molecular complexity index is 1240. The van der Waals surface area contributed by atoms with E-state index < -0.39 is 0 Å². The summed E-state index contributed by atoms with van der Waals surface area (Å²) in [5.74, 6) is 1.83. The first-order valence-electron chi connectivity index (χ1n) is 11.3. The second-order valence-electron chi connectivity index (χ2n) is 9.66. The number of hydrogen-bond acceptors (Lipinski definition) is 5. The number of nitrogens with zero attached hydrogens (tertiary/aromatic N) is 5. The third-order valence-electron chi connectivity index (χ3n) is 6.25. The van der Waals surface area contributed by atoms with Crippen molar-refractivity contribution in [1.29, 1.82) is 0 Å². The van der Waals surface area contributed by atoms with Crippen LogP contribution in [-0.4, -0.2) is 32.2 Å². The highest BCUT2D eigenvalue weighted by Crippen LogP contribution is 2.30. The Balaban J connectivity index is 1.49. The lowest BCUT2D eigenvalue weighted by Gasteiger charge is -2.23. The Morgan fingerprint density at radius 3 is 2.59 bits per heavy atom. The van der Waals surface area contributed by atoms with Crippen molar-refractivity contribution in [2.45, 2.75) is 52.0 Å². The fraction of sp³-hybridized carbons (Fsp3) is 0.346. The van der Waals surface area contributed by atoms with E-state index >= 15 is 0 Å². The molecular weight excluding hydrogens is 396 g/mol. The van der Waals surface area contributed by atoms with Crippen LogP contribution in [0.2, 0.25) is 0 Å². The van der Waals surface area contributed by atoms with E-state index in [9.17, 15) is 0 Å². The van der Waals surface area contributed by atoms with Gasteiger partial charge in [-0.1, -0.05) is 51.1 Å². The zero-order chi connectivity index (χ0) is 22.3. The molecule has 1 aliphatic rings. The third kappa shape index (κ3) is 3.93. The molecule has 4 heterocycles. The minimum absolute atomic E-state index is 0.122. The van der Waals surface area contributed by atoms with Crippen molar-refractivity contribution in [2.75, 3.05) is 16.8 Å². The van der Waals surface area contributed by atoms with Gasteiger partial charge in [-0.3, -0.25) is 0 Å². The molecule has 0 aliphatic carbocycles. The molecular formula is C26H30N6. The third-order valence-corrected chi connectivity index (χ3v) is 6.25. The molecule has 6 nitrogen and oxygen atoms in total. The van der Waals surface area contributed by atoms with Crippen LogP contribution in [0.1, 0.15) is 46.1 Å². The quantitative estimate of drug-likeness (QED) is 0.445. The van der Waals surface area contributed by atoms with Gasteiger partial charge in [-0.25, -0.2) is 14.5 Å². The molecule has 1 unspecified atom stereocenters. The molecule has 32 heavy (non-hydrogen) atoms. The molecule has 0 radical (unpaired) electrons. The van der Waals surface area contributed by atoms with Crippen molar-refractivity contribution < 1.29 is 0 Å². The van der Waals surface area contributed by atoms with Crippen molar-refractivity contribution in [3.8, 4) is 11.3 Å². The lowest BCUT2D eigenvalue weighted by atomic mass is 9.86. The average Bonchev–Trinajstić information content (AvgIpc) is 3.42. The fourth-order valence-corrected chi connectivity index (χ4v) is 4.36. The molecule has 1 aromatic carbocycles. The van der Waals surface area contributed by atoms with E-state index in [1.54, 1.807) is 6.20 Å². The summed E-state index contributed by atoms with van der Waals surface area (Å²) in [5.41, 5.74) is 5.06. The van der Waals surface area contributed by atoms with E-state index in [1.807, 2.05) is 16.8 Å². The Labute approximate surface area is 189 Å². The summed E-state index contributed by atoms with van der Waals surface area (Å²) in [6, 6.07) is 17.4. The highest BCUT2D eigenvalue weighted by atomic mass is 15.3.